The van der Waals surface area contributed by atoms with E-state index in [1.54, 1.807) is 0 Å². The molecule has 0 unspecified atom stereocenters. The van der Waals surface area contributed by atoms with Crippen LogP contribution in [0.4, 0.5) is 0 Å². The van der Waals surface area contributed by atoms with Crippen molar-refractivity contribution in [3.8, 4) is 0 Å². The topological polar surface area (TPSA) is 52.6 Å². The van der Waals surface area contributed by atoms with Crippen LogP contribution in [0, 0.1) is 0 Å². The van der Waals surface area contributed by atoms with E-state index in [9.17, 15) is 9.59 Å². The number of carbonyl (C=O) groups is 2. The van der Waals surface area contributed by atoms with Crippen LogP contribution in [0.2, 0.25) is 0 Å². The highest BCUT2D eigenvalue weighted by Gasteiger charge is 2.55. The Balaban J connectivity index is 2.06. The molecule has 0 atom stereocenters. The van der Waals surface area contributed by atoms with E-state index in [-0.39, 0.29) is 11.6 Å². The van der Waals surface area contributed by atoms with Gasteiger partial charge in [-0.3, -0.25) is 9.59 Å². The number of rotatable bonds is 0. The highest BCUT2D eigenvalue weighted by atomic mass is 16.7. The highest BCUT2D eigenvalue weighted by molar-refractivity contribution is 6.23. The molecule has 0 aromatic carbocycles. The van der Waals surface area contributed by atoms with Gasteiger partial charge in [0.1, 0.15) is 0 Å². The third-order valence-corrected chi connectivity index (χ3v) is 2.78. The predicted octanol–water partition coefficient (Wildman–Crippen LogP) is 0.138. The molecule has 3 rings (SSSR count). The van der Waals surface area contributed by atoms with E-state index >= 15 is 0 Å². The van der Waals surface area contributed by atoms with Crippen molar-refractivity contribution in [3.05, 3.63) is 23.3 Å². The van der Waals surface area contributed by atoms with E-state index in [0.29, 0.717) is 30.8 Å². The molecule has 0 radical (unpaired) electrons. The minimum Gasteiger partial charge on any atom is -0.343 e. The summed E-state index contributed by atoms with van der Waals surface area (Å²) in [6, 6.07) is 0. The van der Waals surface area contributed by atoms with Crippen LogP contribution in [0.1, 0.15) is 6.42 Å². The van der Waals surface area contributed by atoms with E-state index in [1.165, 1.54) is 12.2 Å². The molecule has 14 heavy (non-hydrogen) atoms. The van der Waals surface area contributed by atoms with Gasteiger partial charge in [0.15, 0.2) is 11.6 Å². The van der Waals surface area contributed by atoms with Crippen molar-refractivity contribution in [2.45, 2.75) is 12.2 Å². The smallest absolute Gasteiger partial charge is 0.203 e. The lowest BCUT2D eigenvalue weighted by Gasteiger charge is -2.40. The van der Waals surface area contributed by atoms with Gasteiger partial charge in [0.05, 0.1) is 18.8 Å². The summed E-state index contributed by atoms with van der Waals surface area (Å²) >= 11 is 0. The fourth-order valence-corrected chi connectivity index (χ4v) is 2.12. The second-order valence-electron chi connectivity index (χ2n) is 3.54. The maximum atomic E-state index is 11.5. The molecular weight excluding hydrogens is 184 g/mol. The number of ether oxygens (including phenoxy) is 2. The Bertz CT molecular complexity index is 396. The summed E-state index contributed by atoms with van der Waals surface area (Å²) in [6.07, 6.45) is 3.01. The van der Waals surface area contributed by atoms with Gasteiger partial charge in [-0.15, -0.1) is 0 Å². The zero-order valence-corrected chi connectivity index (χ0v) is 7.41. The van der Waals surface area contributed by atoms with Gasteiger partial charge in [-0.2, -0.15) is 0 Å². The van der Waals surface area contributed by atoms with Crippen molar-refractivity contribution in [3.63, 3.8) is 0 Å². The summed E-state index contributed by atoms with van der Waals surface area (Å²) < 4.78 is 10.8. The minimum absolute atomic E-state index is 0.0932. The predicted molar refractivity (Wildman–Crippen MR) is 45.4 cm³/mol. The van der Waals surface area contributed by atoms with Gasteiger partial charge in [-0.25, -0.2) is 0 Å². The molecule has 4 nitrogen and oxygen atoms in total. The Morgan fingerprint density at radius 3 is 2.43 bits per heavy atom. The van der Waals surface area contributed by atoms with Gasteiger partial charge in [-0.05, 0) is 12.2 Å². The van der Waals surface area contributed by atoms with Crippen LogP contribution in [0.5, 0.6) is 0 Å². The van der Waals surface area contributed by atoms with Crippen molar-refractivity contribution in [1.29, 1.82) is 0 Å². The molecule has 0 aromatic rings. The van der Waals surface area contributed by atoms with E-state index in [2.05, 4.69) is 0 Å². The van der Waals surface area contributed by atoms with Crippen molar-refractivity contribution < 1.29 is 19.1 Å². The van der Waals surface area contributed by atoms with E-state index in [1.807, 2.05) is 0 Å². The van der Waals surface area contributed by atoms with Gasteiger partial charge < -0.3 is 9.47 Å². The Hall–Kier alpha value is -1.26. The quantitative estimate of drug-likeness (QED) is 0.512. The third kappa shape index (κ3) is 0.798. The summed E-state index contributed by atoms with van der Waals surface area (Å²) in [5, 5.41) is 0. The van der Waals surface area contributed by atoms with Crippen molar-refractivity contribution in [2.75, 3.05) is 13.2 Å². The van der Waals surface area contributed by atoms with E-state index in [4.69, 9.17) is 9.47 Å². The number of fused-ring (bicyclic) bond motifs is 1. The first kappa shape index (κ1) is 8.08. The molecule has 1 aliphatic heterocycles. The molecule has 0 aromatic heterocycles. The molecular formula is C10H8O4. The fourth-order valence-electron chi connectivity index (χ4n) is 2.12. The Labute approximate surface area is 80.2 Å². The number of hydrogen-bond donors (Lipinski definition) is 0. The average molecular weight is 192 g/mol. The molecule has 0 saturated carbocycles. The number of carbonyl (C=O) groups excluding carboxylic acids is 2. The lowest BCUT2D eigenvalue weighted by molar-refractivity contribution is -0.154. The fraction of sp³-hybridized carbons (Fsp3) is 0.400. The van der Waals surface area contributed by atoms with Crippen LogP contribution in [-0.4, -0.2) is 30.6 Å². The number of hydrogen-bond acceptors (Lipinski definition) is 4. The van der Waals surface area contributed by atoms with Gasteiger partial charge in [0, 0.05) is 12.0 Å². The van der Waals surface area contributed by atoms with Crippen LogP contribution >= 0.6 is 0 Å². The molecule has 4 heteroatoms. The molecule has 1 saturated heterocycles. The van der Waals surface area contributed by atoms with Crippen LogP contribution < -0.4 is 0 Å². The van der Waals surface area contributed by atoms with Gasteiger partial charge in [-0.1, -0.05) is 0 Å². The van der Waals surface area contributed by atoms with Gasteiger partial charge >= 0.3 is 0 Å². The zero-order valence-electron chi connectivity index (χ0n) is 7.41. The largest absolute Gasteiger partial charge is 0.343 e. The Morgan fingerprint density at radius 2 is 1.71 bits per heavy atom. The van der Waals surface area contributed by atoms with Crippen molar-refractivity contribution in [1.82, 2.24) is 0 Å². The van der Waals surface area contributed by atoms with Crippen LogP contribution in [0.25, 0.3) is 0 Å². The SMILES string of the molecule is O=C1C=CC(=O)C2=C1CC21OCCO1. The first-order valence-corrected chi connectivity index (χ1v) is 4.51. The first-order valence-electron chi connectivity index (χ1n) is 4.51. The van der Waals surface area contributed by atoms with Crippen LogP contribution in [0.15, 0.2) is 23.3 Å². The van der Waals surface area contributed by atoms with Crippen molar-refractivity contribution in [2.24, 2.45) is 0 Å². The number of allylic oxidation sites excluding steroid dienone is 2. The molecule has 0 bridgehead atoms. The standard InChI is InChI=1S/C10H8O4/c11-7-1-2-8(12)9-6(7)5-10(9)13-3-4-14-10/h1-2H,3-5H2. The summed E-state index contributed by atoms with van der Waals surface area (Å²) in [5.74, 6) is -1.13. The summed E-state index contributed by atoms with van der Waals surface area (Å²) in [5.41, 5.74) is 0.974. The summed E-state index contributed by atoms with van der Waals surface area (Å²) in [4.78, 5) is 22.8. The second kappa shape index (κ2) is 2.40. The average Bonchev–Trinajstić information content (AvgIpc) is 2.59. The maximum Gasteiger partial charge on any atom is 0.203 e. The van der Waals surface area contributed by atoms with E-state index < -0.39 is 5.79 Å². The zero-order chi connectivity index (χ0) is 9.76. The third-order valence-electron chi connectivity index (χ3n) is 2.78. The molecule has 0 amide bonds. The molecule has 72 valence electrons. The van der Waals surface area contributed by atoms with Crippen LogP contribution in [0.3, 0.4) is 0 Å². The monoisotopic (exact) mass is 192 g/mol. The highest BCUT2D eigenvalue weighted by Crippen LogP contribution is 2.47. The molecule has 3 aliphatic rings. The van der Waals surface area contributed by atoms with Crippen LogP contribution in [-0.2, 0) is 19.1 Å². The Kier molecular flexibility index (Phi) is 1.39. The lowest BCUT2D eigenvalue weighted by Crippen LogP contribution is -2.47. The van der Waals surface area contributed by atoms with Gasteiger partial charge in [0.25, 0.3) is 0 Å². The van der Waals surface area contributed by atoms with E-state index in [0.717, 1.165) is 0 Å². The number of ketones is 2. The minimum atomic E-state index is -0.882. The van der Waals surface area contributed by atoms with Gasteiger partial charge in [0.2, 0.25) is 5.79 Å². The molecule has 1 spiro atoms. The summed E-state index contributed by atoms with van der Waals surface area (Å²) in [7, 11) is 0. The Morgan fingerprint density at radius 1 is 1.07 bits per heavy atom. The first-order chi connectivity index (χ1) is 6.73. The lowest BCUT2D eigenvalue weighted by atomic mass is 9.74. The second-order valence-corrected chi connectivity index (χ2v) is 3.54. The molecule has 1 fully saturated rings. The molecule has 2 aliphatic carbocycles. The molecule has 0 N–H and O–H groups in total. The summed E-state index contributed by atoms with van der Waals surface area (Å²) in [6.45, 7) is 0.976. The maximum absolute atomic E-state index is 11.5. The normalized spacial score (nSPS) is 28.3. The molecule has 1 heterocycles. The van der Waals surface area contributed by atoms with Crippen molar-refractivity contribution >= 4 is 11.6 Å².